The number of carbonyl (C=O) groups excluding carboxylic acids is 1. The molecule has 0 saturated carbocycles. The van der Waals surface area contributed by atoms with Crippen LogP contribution in [0.25, 0.3) is 0 Å². The summed E-state index contributed by atoms with van der Waals surface area (Å²) < 4.78 is 0. The Morgan fingerprint density at radius 3 is 2.63 bits per heavy atom. The minimum absolute atomic E-state index is 0.105. The van der Waals surface area contributed by atoms with Crippen molar-refractivity contribution in [3.8, 4) is 0 Å². The van der Waals surface area contributed by atoms with Crippen LogP contribution >= 0.6 is 0 Å². The molecule has 0 aliphatic carbocycles. The van der Waals surface area contributed by atoms with Gasteiger partial charge in [0.15, 0.2) is 0 Å². The maximum Gasteiger partial charge on any atom is 0.254 e. The number of amides is 1. The van der Waals surface area contributed by atoms with Gasteiger partial charge in [-0.25, -0.2) is 0 Å². The number of benzene rings is 1. The number of pyridine rings is 1. The van der Waals surface area contributed by atoms with E-state index in [9.17, 15) is 4.79 Å². The van der Waals surface area contributed by atoms with Crippen molar-refractivity contribution in [1.82, 2.24) is 9.88 Å². The van der Waals surface area contributed by atoms with Gasteiger partial charge in [0.2, 0.25) is 0 Å². The molecule has 96 valence electrons. The molecule has 1 aromatic carbocycles. The van der Waals surface area contributed by atoms with E-state index in [2.05, 4.69) is 4.98 Å². The molecule has 1 aliphatic rings. The Hall–Kier alpha value is -2.16. The Morgan fingerprint density at radius 2 is 1.89 bits per heavy atom. The zero-order chi connectivity index (χ0) is 13.1. The topological polar surface area (TPSA) is 33.2 Å². The first-order chi connectivity index (χ1) is 9.36. The van der Waals surface area contributed by atoms with Gasteiger partial charge in [0.1, 0.15) is 0 Å². The van der Waals surface area contributed by atoms with Crippen molar-refractivity contribution in [2.75, 3.05) is 6.54 Å². The lowest BCUT2D eigenvalue weighted by atomic mass is 10.1. The fourth-order valence-electron chi connectivity index (χ4n) is 2.64. The van der Waals surface area contributed by atoms with Crippen molar-refractivity contribution in [3.05, 3.63) is 66.0 Å². The van der Waals surface area contributed by atoms with Gasteiger partial charge in [-0.05, 0) is 37.1 Å². The van der Waals surface area contributed by atoms with Crippen molar-refractivity contribution >= 4 is 5.91 Å². The van der Waals surface area contributed by atoms with Gasteiger partial charge in [0.05, 0.1) is 11.7 Å². The van der Waals surface area contributed by atoms with Gasteiger partial charge in [0, 0.05) is 18.3 Å². The van der Waals surface area contributed by atoms with Gasteiger partial charge in [-0.3, -0.25) is 9.78 Å². The highest BCUT2D eigenvalue weighted by molar-refractivity contribution is 5.94. The van der Waals surface area contributed by atoms with Crippen LogP contribution < -0.4 is 0 Å². The van der Waals surface area contributed by atoms with E-state index in [4.69, 9.17) is 0 Å². The standard InChI is InChI=1S/C16H16N2O/c19-16(13-7-2-1-3-8-13)18-12-6-10-15(18)14-9-4-5-11-17-14/h1-5,7-9,11,15H,6,10,12H2. The highest BCUT2D eigenvalue weighted by atomic mass is 16.2. The summed E-state index contributed by atoms with van der Waals surface area (Å²) in [5.41, 5.74) is 1.75. The Morgan fingerprint density at radius 1 is 1.11 bits per heavy atom. The summed E-state index contributed by atoms with van der Waals surface area (Å²) in [6.07, 6.45) is 3.83. The SMILES string of the molecule is O=C(c1ccccc1)N1CCCC1c1ccccn1. The van der Waals surface area contributed by atoms with Gasteiger partial charge >= 0.3 is 0 Å². The maximum absolute atomic E-state index is 12.5. The molecular weight excluding hydrogens is 236 g/mol. The van der Waals surface area contributed by atoms with Crippen molar-refractivity contribution in [3.63, 3.8) is 0 Å². The van der Waals surface area contributed by atoms with Crippen LogP contribution in [0.3, 0.4) is 0 Å². The van der Waals surface area contributed by atoms with E-state index in [0.29, 0.717) is 0 Å². The van der Waals surface area contributed by atoms with E-state index in [1.165, 1.54) is 0 Å². The van der Waals surface area contributed by atoms with E-state index in [1.54, 1.807) is 6.20 Å². The molecule has 1 fully saturated rings. The zero-order valence-electron chi connectivity index (χ0n) is 10.7. The number of nitrogens with zero attached hydrogens (tertiary/aromatic N) is 2. The number of carbonyl (C=O) groups is 1. The molecule has 3 heteroatoms. The second kappa shape index (κ2) is 5.22. The first kappa shape index (κ1) is 11.9. The summed E-state index contributed by atoms with van der Waals surface area (Å²) in [6.45, 7) is 0.814. The highest BCUT2D eigenvalue weighted by Gasteiger charge is 2.31. The van der Waals surface area contributed by atoms with Crippen LogP contribution in [0.1, 0.15) is 34.9 Å². The summed E-state index contributed by atoms with van der Waals surface area (Å²) in [6, 6.07) is 15.5. The molecule has 1 amide bonds. The summed E-state index contributed by atoms with van der Waals surface area (Å²) in [5.74, 6) is 0.105. The van der Waals surface area contributed by atoms with Crippen LogP contribution in [-0.2, 0) is 0 Å². The number of hydrogen-bond acceptors (Lipinski definition) is 2. The second-order valence-corrected chi connectivity index (χ2v) is 4.78. The number of aromatic nitrogens is 1. The van der Waals surface area contributed by atoms with E-state index in [-0.39, 0.29) is 11.9 Å². The van der Waals surface area contributed by atoms with Crippen LogP contribution in [0, 0.1) is 0 Å². The predicted octanol–water partition coefficient (Wildman–Crippen LogP) is 3.06. The summed E-state index contributed by atoms with van der Waals surface area (Å²) in [4.78, 5) is 18.9. The van der Waals surface area contributed by atoms with Gasteiger partial charge in [0.25, 0.3) is 5.91 Å². The van der Waals surface area contributed by atoms with E-state index in [1.807, 2.05) is 53.4 Å². The highest BCUT2D eigenvalue weighted by Crippen LogP contribution is 2.31. The van der Waals surface area contributed by atoms with E-state index < -0.39 is 0 Å². The molecule has 0 bridgehead atoms. The first-order valence-corrected chi connectivity index (χ1v) is 6.63. The minimum Gasteiger partial charge on any atom is -0.330 e. The lowest BCUT2D eigenvalue weighted by Gasteiger charge is -2.24. The Bertz CT molecular complexity index is 553. The first-order valence-electron chi connectivity index (χ1n) is 6.63. The second-order valence-electron chi connectivity index (χ2n) is 4.78. The lowest BCUT2D eigenvalue weighted by molar-refractivity contribution is 0.0733. The molecule has 1 unspecified atom stereocenters. The molecule has 1 atom stereocenters. The van der Waals surface area contributed by atoms with Crippen molar-refractivity contribution in [2.45, 2.75) is 18.9 Å². The number of likely N-dealkylation sites (tertiary alicyclic amines) is 1. The fourth-order valence-corrected chi connectivity index (χ4v) is 2.64. The summed E-state index contributed by atoms with van der Waals surface area (Å²) in [5, 5.41) is 0. The molecule has 1 saturated heterocycles. The molecule has 0 radical (unpaired) electrons. The van der Waals surface area contributed by atoms with Gasteiger partial charge < -0.3 is 4.90 Å². The quantitative estimate of drug-likeness (QED) is 0.823. The van der Waals surface area contributed by atoms with E-state index >= 15 is 0 Å². The third kappa shape index (κ3) is 2.36. The summed E-state index contributed by atoms with van der Waals surface area (Å²) >= 11 is 0. The van der Waals surface area contributed by atoms with Crippen LogP contribution in [0.15, 0.2) is 54.7 Å². The van der Waals surface area contributed by atoms with Crippen molar-refractivity contribution in [1.29, 1.82) is 0 Å². The van der Waals surface area contributed by atoms with Crippen LogP contribution in [0.5, 0.6) is 0 Å². The van der Waals surface area contributed by atoms with Crippen LogP contribution in [0.4, 0.5) is 0 Å². The number of rotatable bonds is 2. The van der Waals surface area contributed by atoms with Crippen molar-refractivity contribution in [2.24, 2.45) is 0 Å². The normalized spacial score (nSPS) is 18.5. The minimum atomic E-state index is 0.105. The smallest absolute Gasteiger partial charge is 0.254 e. The van der Waals surface area contributed by atoms with Crippen LogP contribution in [0.2, 0.25) is 0 Å². The lowest BCUT2D eigenvalue weighted by Crippen LogP contribution is -2.30. The maximum atomic E-state index is 12.5. The Kier molecular flexibility index (Phi) is 3.27. The molecule has 19 heavy (non-hydrogen) atoms. The fraction of sp³-hybridized carbons (Fsp3) is 0.250. The van der Waals surface area contributed by atoms with Gasteiger partial charge in [-0.15, -0.1) is 0 Å². The van der Waals surface area contributed by atoms with Crippen LogP contribution in [-0.4, -0.2) is 22.3 Å². The largest absolute Gasteiger partial charge is 0.330 e. The monoisotopic (exact) mass is 252 g/mol. The third-order valence-corrected chi connectivity index (χ3v) is 3.56. The third-order valence-electron chi connectivity index (χ3n) is 3.56. The molecule has 2 aromatic rings. The zero-order valence-corrected chi connectivity index (χ0v) is 10.7. The molecule has 0 N–H and O–H groups in total. The Balaban J connectivity index is 1.86. The Labute approximate surface area is 112 Å². The molecule has 3 rings (SSSR count). The molecule has 0 spiro atoms. The predicted molar refractivity (Wildman–Crippen MR) is 73.7 cm³/mol. The van der Waals surface area contributed by atoms with E-state index in [0.717, 1.165) is 30.6 Å². The molecule has 3 nitrogen and oxygen atoms in total. The summed E-state index contributed by atoms with van der Waals surface area (Å²) in [7, 11) is 0. The average Bonchev–Trinajstić information content (AvgIpc) is 2.98. The molecule has 1 aromatic heterocycles. The van der Waals surface area contributed by atoms with Crippen molar-refractivity contribution < 1.29 is 4.79 Å². The molecule has 1 aliphatic heterocycles. The molecular formula is C16H16N2O. The molecule has 2 heterocycles. The van der Waals surface area contributed by atoms with Gasteiger partial charge in [-0.1, -0.05) is 24.3 Å². The van der Waals surface area contributed by atoms with Gasteiger partial charge in [-0.2, -0.15) is 0 Å². The number of hydrogen-bond donors (Lipinski definition) is 0. The average molecular weight is 252 g/mol.